The van der Waals surface area contributed by atoms with Crippen molar-refractivity contribution < 1.29 is 19.1 Å². The number of ether oxygens (including phenoxy) is 1. The minimum absolute atomic E-state index is 0.00310. The monoisotopic (exact) mass is 349 g/mol. The summed E-state index contributed by atoms with van der Waals surface area (Å²) in [5.74, 6) is -0.282. The normalized spacial score (nSPS) is 10.1. The van der Waals surface area contributed by atoms with Gasteiger partial charge in [0.2, 0.25) is 5.91 Å². The molecule has 0 radical (unpaired) electrons. The van der Waals surface area contributed by atoms with Crippen molar-refractivity contribution in [3.8, 4) is 0 Å². The van der Waals surface area contributed by atoms with Gasteiger partial charge >= 0.3 is 6.09 Å². The summed E-state index contributed by atoms with van der Waals surface area (Å²) in [6.07, 6.45) is -0.531. The molecule has 1 N–H and O–H groups in total. The third-order valence-corrected chi connectivity index (χ3v) is 3.70. The molecule has 25 heavy (non-hydrogen) atoms. The fourth-order valence-corrected chi connectivity index (χ4v) is 2.23. The zero-order valence-corrected chi connectivity index (χ0v) is 15.4. The Kier molecular flexibility index (Phi) is 8.46. The first-order valence-corrected chi connectivity index (χ1v) is 8.45. The Morgan fingerprint density at radius 1 is 1.04 bits per heavy atom. The van der Waals surface area contributed by atoms with E-state index in [-0.39, 0.29) is 25.0 Å². The van der Waals surface area contributed by atoms with Crippen molar-refractivity contribution in [1.29, 1.82) is 0 Å². The van der Waals surface area contributed by atoms with E-state index in [2.05, 4.69) is 5.32 Å². The van der Waals surface area contributed by atoms with Crippen LogP contribution in [0.2, 0.25) is 0 Å². The van der Waals surface area contributed by atoms with Crippen LogP contribution in [0.15, 0.2) is 24.3 Å². The first kappa shape index (κ1) is 20.5. The molecule has 0 aliphatic heterocycles. The molecule has 1 aromatic carbocycles. The van der Waals surface area contributed by atoms with Crippen LogP contribution in [0.25, 0.3) is 0 Å². The first-order chi connectivity index (χ1) is 11.9. The van der Waals surface area contributed by atoms with Gasteiger partial charge in [-0.25, -0.2) is 4.79 Å². The third kappa shape index (κ3) is 6.45. The predicted molar refractivity (Wildman–Crippen MR) is 95.2 cm³/mol. The Bertz CT molecular complexity index is 582. The molecule has 0 bridgehead atoms. The Balaban J connectivity index is 2.52. The number of carbonyl (C=O) groups excluding carboxylic acids is 3. The zero-order valence-electron chi connectivity index (χ0n) is 15.4. The molecule has 1 rings (SSSR count). The molecule has 0 atom stereocenters. The second-order valence-electron chi connectivity index (χ2n) is 5.51. The maximum atomic E-state index is 12.2. The second kappa shape index (κ2) is 10.3. The zero-order chi connectivity index (χ0) is 18.8. The van der Waals surface area contributed by atoms with Gasteiger partial charge in [-0.05, 0) is 38.5 Å². The quantitative estimate of drug-likeness (QED) is 0.777. The number of nitrogens with one attached hydrogen (secondary N) is 1. The van der Waals surface area contributed by atoms with Gasteiger partial charge in [0.1, 0.15) is 6.54 Å². The van der Waals surface area contributed by atoms with Crippen LogP contribution >= 0.6 is 0 Å². The number of hydrogen-bond acceptors (Lipinski definition) is 4. The number of likely N-dealkylation sites (N-methyl/N-ethyl adjacent to an activating group) is 1. The molecule has 1 aromatic rings. The van der Waals surface area contributed by atoms with Crippen molar-refractivity contribution >= 4 is 17.9 Å². The van der Waals surface area contributed by atoms with E-state index in [9.17, 15) is 14.4 Å². The molecule has 0 saturated heterocycles. The Morgan fingerprint density at radius 3 is 2.16 bits per heavy atom. The Hall–Kier alpha value is -2.57. The van der Waals surface area contributed by atoms with E-state index in [1.54, 1.807) is 24.0 Å². The van der Waals surface area contributed by atoms with E-state index in [1.807, 2.05) is 26.0 Å². The van der Waals surface area contributed by atoms with E-state index >= 15 is 0 Å². The molecule has 0 heterocycles. The van der Waals surface area contributed by atoms with Crippen molar-refractivity contribution in [2.45, 2.75) is 27.3 Å². The number of rotatable bonds is 8. The molecule has 0 unspecified atom stereocenters. The van der Waals surface area contributed by atoms with Gasteiger partial charge in [-0.2, -0.15) is 0 Å². The highest BCUT2D eigenvalue weighted by molar-refractivity contribution is 5.94. The summed E-state index contributed by atoms with van der Waals surface area (Å²) in [5, 5.41) is 2.74. The smallest absolute Gasteiger partial charge is 0.409 e. The summed E-state index contributed by atoms with van der Waals surface area (Å²) >= 11 is 0. The fourth-order valence-electron chi connectivity index (χ4n) is 2.23. The van der Waals surface area contributed by atoms with Crippen LogP contribution in [0.5, 0.6) is 0 Å². The topological polar surface area (TPSA) is 79.0 Å². The van der Waals surface area contributed by atoms with E-state index in [1.165, 1.54) is 11.9 Å². The molecule has 3 amide bonds. The summed E-state index contributed by atoms with van der Waals surface area (Å²) < 4.78 is 4.81. The summed E-state index contributed by atoms with van der Waals surface area (Å²) in [7, 11) is 1.51. The van der Waals surface area contributed by atoms with Crippen molar-refractivity contribution in [2.75, 3.05) is 33.3 Å². The van der Waals surface area contributed by atoms with Gasteiger partial charge in [0.05, 0.1) is 6.61 Å². The molecule has 7 nitrogen and oxygen atoms in total. The van der Waals surface area contributed by atoms with Gasteiger partial charge in [-0.15, -0.1) is 0 Å². The standard InChI is InChI=1S/C18H27N3O4/c1-5-21(6-2)17(23)15-10-8-14(9-11-15)12-19-16(22)13-20(4)18(24)25-7-3/h8-11H,5-7,12-13H2,1-4H3,(H,19,22). The van der Waals surface area contributed by atoms with Crippen LogP contribution in [-0.4, -0.2) is 61.0 Å². The first-order valence-electron chi connectivity index (χ1n) is 8.45. The summed E-state index contributed by atoms with van der Waals surface area (Å²) in [6, 6.07) is 7.14. The number of carbonyl (C=O) groups is 3. The molecule has 0 aliphatic rings. The SMILES string of the molecule is CCOC(=O)N(C)CC(=O)NCc1ccc(C(=O)N(CC)CC)cc1. The van der Waals surface area contributed by atoms with Crippen LogP contribution in [0.1, 0.15) is 36.7 Å². The lowest BCUT2D eigenvalue weighted by atomic mass is 10.1. The van der Waals surface area contributed by atoms with Gasteiger partial charge in [-0.1, -0.05) is 12.1 Å². The Labute approximate surface area is 148 Å². The van der Waals surface area contributed by atoms with Crippen LogP contribution in [0, 0.1) is 0 Å². The average molecular weight is 349 g/mol. The van der Waals surface area contributed by atoms with Gasteiger partial charge in [-0.3, -0.25) is 9.59 Å². The van der Waals surface area contributed by atoms with Gasteiger partial charge in [0, 0.05) is 32.2 Å². The summed E-state index contributed by atoms with van der Waals surface area (Å²) in [4.78, 5) is 38.5. The minimum atomic E-state index is -0.531. The molecule has 0 aromatic heterocycles. The van der Waals surface area contributed by atoms with Crippen LogP contribution in [0.3, 0.4) is 0 Å². The summed E-state index contributed by atoms with van der Waals surface area (Å²) in [5.41, 5.74) is 1.50. The average Bonchev–Trinajstić information content (AvgIpc) is 2.61. The fraction of sp³-hybridized carbons (Fsp3) is 0.500. The maximum absolute atomic E-state index is 12.2. The molecule has 0 fully saturated rings. The predicted octanol–water partition coefficient (Wildman–Crippen LogP) is 1.87. The lowest BCUT2D eigenvalue weighted by molar-refractivity contribution is -0.121. The van der Waals surface area contributed by atoms with Crippen LogP contribution in [0.4, 0.5) is 4.79 Å². The molecule has 7 heteroatoms. The highest BCUT2D eigenvalue weighted by atomic mass is 16.6. The molecule has 0 saturated carbocycles. The number of hydrogen-bond donors (Lipinski definition) is 1. The Morgan fingerprint density at radius 2 is 1.64 bits per heavy atom. The van der Waals surface area contributed by atoms with Crippen molar-refractivity contribution in [3.05, 3.63) is 35.4 Å². The number of amides is 3. The maximum Gasteiger partial charge on any atom is 0.409 e. The second-order valence-corrected chi connectivity index (χ2v) is 5.51. The number of benzene rings is 1. The molecule has 138 valence electrons. The van der Waals surface area contributed by atoms with E-state index in [4.69, 9.17) is 4.74 Å². The molecular formula is C18H27N3O4. The van der Waals surface area contributed by atoms with Crippen molar-refractivity contribution in [2.24, 2.45) is 0 Å². The minimum Gasteiger partial charge on any atom is -0.450 e. The van der Waals surface area contributed by atoms with Gasteiger partial charge in [0.25, 0.3) is 5.91 Å². The summed E-state index contributed by atoms with van der Waals surface area (Å²) in [6.45, 7) is 7.45. The van der Waals surface area contributed by atoms with Gasteiger partial charge < -0.3 is 19.9 Å². The third-order valence-electron chi connectivity index (χ3n) is 3.70. The van der Waals surface area contributed by atoms with Crippen molar-refractivity contribution in [3.63, 3.8) is 0 Å². The van der Waals surface area contributed by atoms with E-state index in [0.29, 0.717) is 25.2 Å². The highest BCUT2D eigenvalue weighted by Crippen LogP contribution is 2.08. The lowest BCUT2D eigenvalue weighted by Gasteiger charge is -2.18. The lowest BCUT2D eigenvalue weighted by Crippen LogP contribution is -2.38. The van der Waals surface area contributed by atoms with E-state index in [0.717, 1.165) is 5.56 Å². The highest BCUT2D eigenvalue weighted by Gasteiger charge is 2.14. The van der Waals surface area contributed by atoms with Crippen LogP contribution in [-0.2, 0) is 16.1 Å². The number of nitrogens with zero attached hydrogens (tertiary/aromatic N) is 2. The molecular weight excluding hydrogens is 322 g/mol. The van der Waals surface area contributed by atoms with Gasteiger partial charge in [0.15, 0.2) is 0 Å². The van der Waals surface area contributed by atoms with Crippen molar-refractivity contribution in [1.82, 2.24) is 15.1 Å². The van der Waals surface area contributed by atoms with E-state index < -0.39 is 6.09 Å². The van der Waals surface area contributed by atoms with Crippen LogP contribution < -0.4 is 5.32 Å². The largest absolute Gasteiger partial charge is 0.450 e. The molecule has 0 aliphatic carbocycles. The molecule has 0 spiro atoms.